The van der Waals surface area contributed by atoms with Crippen LogP contribution in [0, 0.1) is 12.8 Å². The lowest BCUT2D eigenvalue weighted by Gasteiger charge is -2.31. The number of carbonyl (C=O) groups excluding carboxylic acids is 1. The number of aryl methyl sites for hydroxylation is 1. The zero-order valence-electron chi connectivity index (χ0n) is 11.7. The number of nitrogens with one attached hydrogen (secondary N) is 1. The topological polar surface area (TPSA) is 86.3 Å². The van der Waals surface area contributed by atoms with Gasteiger partial charge in [-0.25, -0.2) is 4.79 Å². The second-order valence-corrected chi connectivity index (χ2v) is 5.76. The molecule has 1 aromatic rings. The van der Waals surface area contributed by atoms with E-state index in [1.165, 1.54) is 11.8 Å². The SMILES string of the molecule is CSc1nc(=O)[nH]c(C)c1C(=O)N1CCC(CO)CC1. The van der Waals surface area contributed by atoms with Crippen LogP contribution in [0.25, 0.3) is 0 Å². The first-order valence-electron chi connectivity index (χ1n) is 6.61. The quantitative estimate of drug-likeness (QED) is 0.632. The van der Waals surface area contributed by atoms with Crippen molar-refractivity contribution in [1.82, 2.24) is 14.9 Å². The molecule has 110 valence electrons. The molecule has 0 bridgehead atoms. The molecule has 1 amide bonds. The lowest BCUT2D eigenvalue weighted by molar-refractivity contribution is 0.0645. The van der Waals surface area contributed by atoms with Crippen molar-refractivity contribution in [2.24, 2.45) is 5.92 Å². The first-order valence-corrected chi connectivity index (χ1v) is 7.84. The highest BCUT2D eigenvalue weighted by Crippen LogP contribution is 2.23. The molecule has 0 aromatic carbocycles. The maximum absolute atomic E-state index is 12.6. The van der Waals surface area contributed by atoms with Gasteiger partial charge >= 0.3 is 5.69 Å². The number of nitrogens with zero attached hydrogens (tertiary/aromatic N) is 2. The molecule has 20 heavy (non-hydrogen) atoms. The van der Waals surface area contributed by atoms with Gasteiger partial charge in [-0.1, -0.05) is 0 Å². The maximum atomic E-state index is 12.6. The summed E-state index contributed by atoms with van der Waals surface area (Å²) in [6.45, 7) is 3.17. The van der Waals surface area contributed by atoms with Gasteiger partial charge in [-0.2, -0.15) is 4.98 Å². The van der Waals surface area contributed by atoms with Crippen LogP contribution in [0.3, 0.4) is 0 Å². The van der Waals surface area contributed by atoms with Crippen molar-refractivity contribution < 1.29 is 9.90 Å². The number of hydrogen-bond acceptors (Lipinski definition) is 5. The molecule has 1 aliphatic rings. The number of carbonyl (C=O) groups is 1. The van der Waals surface area contributed by atoms with E-state index in [-0.39, 0.29) is 18.4 Å². The summed E-state index contributed by atoms with van der Waals surface area (Å²) >= 11 is 1.30. The lowest BCUT2D eigenvalue weighted by atomic mass is 9.97. The molecule has 0 spiro atoms. The van der Waals surface area contributed by atoms with Gasteiger partial charge in [0.2, 0.25) is 0 Å². The van der Waals surface area contributed by atoms with Crippen LogP contribution < -0.4 is 5.69 Å². The first-order chi connectivity index (χ1) is 9.56. The van der Waals surface area contributed by atoms with Crippen LogP contribution in [0.5, 0.6) is 0 Å². The van der Waals surface area contributed by atoms with Crippen LogP contribution in [-0.2, 0) is 0 Å². The van der Waals surface area contributed by atoms with E-state index in [1.54, 1.807) is 18.1 Å². The predicted molar refractivity (Wildman–Crippen MR) is 77.1 cm³/mol. The number of aromatic nitrogens is 2. The Bertz CT molecular complexity index is 550. The van der Waals surface area contributed by atoms with Crippen LogP contribution in [0.4, 0.5) is 0 Å². The van der Waals surface area contributed by atoms with Crippen molar-refractivity contribution in [2.45, 2.75) is 24.8 Å². The molecule has 0 radical (unpaired) electrons. The molecule has 1 aromatic heterocycles. The van der Waals surface area contributed by atoms with E-state index in [4.69, 9.17) is 5.11 Å². The van der Waals surface area contributed by atoms with Crippen LogP contribution >= 0.6 is 11.8 Å². The third-order valence-corrected chi connectivity index (χ3v) is 4.34. The van der Waals surface area contributed by atoms with E-state index in [9.17, 15) is 9.59 Å². The normalized spacial score (nSPS) is 16.4. The average molecular weight is 297 g/mol. The van der Waals surface area contributed by atoms with Gasteiger partial charge in [-0.15, -0.1) is 11.8 Å². The zero-order valence-corrected chi connectivity index (χ0v) is 12.5. The van der Waals surface area contributed by atoms with E-state index in [0.717, 1.165) is 12.8 Å². The average Bonchev–Trinajstić information content (AvgIpc) is 2.46. The minimum Gasteiger partial charge on any atom is -0.396 e. The van der Waals surface area contributed by atoms with E-state index in [0.29, 0.717) is 29.4 Å². The molecule has 0 saturated carbocycles. The zero-order chi connectivity index (χ0) is 14.7. The Labute approximate surface area is 121 Å². The molecule has 6 nitrogen and oxygen atoms in total. The van der Waals surface area contributed by atoms with Crippen LogP contribution in [0.15, 0.2) is 9.82 Å². The Morgan fingerprint density at radius 3 is 2.70 bits per heavy atom. The number of amides is 1. The summed E-state index contributed by atoms with van der Waals surface area (Å²) in [5, 5.41) is 9.61. The summed E-state index contributed by atoms with van der Waals surface area (Å²) in [6, 6.07) is 0. The number of rotatable bonds is 3. The second-order valence-electron chi connectivity index (χ2n) is 4.97. The van der Waals surface area contributed by atoms with E-state index >= 15 is 0 Å². The number of thioether (sulfide) groups is 1. The molecule has 2 rings (SSSR count). The molecule has 0 unspecified atom stereocenters. The summed E-state index contributed by atoms with van der Waals surface area (Å²) in [6.07, 6.45) is 3.43. The molecular formula is C13H19N3O3S. The summed E-state index contributed by atoms with van der Waals surface area (Å²) in [5.41, 5.74) is 0.616. The molecule has 1 saturated heterocycles. The van der Waals surface area contributed by atoms with Crippen molar-refractivity contribution in [1.29, 1.82) is 0 Å². The Morgan fingerprint density at radius 1 is 1.50 bits per heavy atom. The van der Waals surface area contributed by atoms with Gasteiger partial charge in [0.05, 0.1) is 5.56 Å². The standard InChI is InChI=1S/C13H19N3O3S/c1-8-10(11(20-2)15-13(19)14-8)12(18)16-5-3-9(7-17)4-6-16/h9,17H,3-7H2,1-2H3,(H,14,15,19). The first kappa shape index (κ1) is 15.1. The molecule has 0 atom stereocenters. The summed E-state index contributed by atoms with van der Waals surface area (Å²) in [4.78, 5) is 32.2. The Hall–Kier alpha value is -1.34. The Kier molecular flexibility index (Phi) is 4.82. The smallest absolute Gasteiger partial charge is 0.346 e. The molecular weight excluding hydrogens is 278 g/mol. The van der Waals surface area contributed by atoms with Crippen molar-refractivity contribution in [2.75, 3.05) is 26.0 Å². The van der Waals surface area contributed by atoms with Gasteiger partial charge in [0.25, 0.3) is 5.91 Å². The minimum absolute atomic E-state index is 0.0908. The van der Waals surface area contributed by atoms with Crippen LogP contribution in [0.2, 0.25) is 0 Å². The number of aliphatic hydroxyl groups excluding tert-OH is 1. The van der Waals surface area contributed by atoms with Gasteiger partial charge in [-0.3, -0.25) is 4.79 Å². The van der Waals surface area contributed by atoms with Crippen molar-refractivity contribution >= 4 is 17.7 Å². The van der Waals surface area contributed by atoms with E-state index in [2.05, 4.69) is 9.97 Å². The number of likely N-dealkylation sites (tertiary alicyclic amines) is 1. The predicted octanol–water partition coefficient (Wildman–Crippen LogP) is 0.645. The number of hydrogen-bond donors (Lipinski definition) is 2. The van der Waals surface area contributed by atoms with Crippen molar-refractivity contribution in [3.63, 3.8) is 0 Å². The number of H-pyrrole nitrogens is 1. The minimum atomic E-state index is -0.428. The summed E-state index contributed by atoms with van der Waals surface area (Å²) in [5.74, 6) is 0.195. The summed E-state index contributed by atoms with van der Waals surface area (Å²) < 4.78 is 0. The number of piperidine rings is 1. The summed E-state index contributed by atoms with van der Waals surface area (Å²) in [7, 11) is 0. The van der Waals surface area contributed by atoms with Crippen LogP contribution in [0.1, 0.15) is 28.9 Å². The third kappa shape index (κ3) is 3.04. The molecule has 1 fully saturated rings. The number of aromatic amines is 1. The highest BCUT2D eigenvalue weighted by atomic mass is 32.2. The second kappa shape index (κ2) is 6.41. The molecule has 7 heteroatoms. The highest BCUT2D eigenvalue weighted by molar-refractivity contribution is 7.98. The van der Waals surface area contributed by atoms with Gasteiger partial charge in [0, 0.05) is 25.4 Å². The monoisotopic (exact) mass is 297 g/mol. The fourth-order valence-electron chi connectivity index (χ4n) is 2.44. The van der Waals surface area contributed by atoms with Gasteiger partial charge in [-0.05, 0) is 31.9 Å². The van der Waals surface area contributed by atoms with E-state index < -0.39 is 5.69 Å². The highest BCUT2D eigenvalue weighted by Gasteiger charge is 2.26. The molecule has 2 heterocycles. The fourth-order valence-corrected chi connectivity index (χ4v) is 3.05. The van der Waals surface area contributed by atoms with Gasteiger partial charge < -0.3 is 15.0 Å². The van der Waals surface area contributed by atoms with Crippen molar-refractivity contribution in [3.8, 4) is 0 Å². The fraction of sp³-hybridized carbons (Fsp3) is 0.615. The van der Waals surface area contributed by atoms with Gasteiger partial charge in [0.15, 0.2) is 0 Å². The van der Waals surface area contributed by atoms with Crippen LogP contribution in [-0.4, -0.2) is 51.8 Å². The number of aliphatic hydroxyl groups is 1. The van der Waals surface area contributed by atoms with E-state index in [1.807, 2.05) is 0 Å². The lowest BCUT2D eigenvalue weighted by Crippen LogP contribution is -2.40. The molecule has 2 N–H and O–H groups in total. The molecule has 0 aliphatic carbocycles. The van der Waals surface area contributed by atoms with Gasteiger partial charge in [0.1, 0.15) is 5.03 Å². The Balaban J connectivity index is 2.24. The van der Waals surface area contributed by atoms with Crippen molar-refractivity contribution in [3.05, 3.63) is 21.7 Å². The maximum Gasteiger partial charge on any atom is 0.346 e. The third-order valence-electron chi connectivity index (χ3n) is 3.65. The molecule has 1 aliphatic heterocycles. The Morgan fingerprint density at radius 2 is 2.15 bits per heavy atom. The largest absolute Gasteiger partial charge is 0.396 e.